The van der Waals surface area contributed by atoms with Gasteiger partial charge in [-0.05, 0) is 39.5 Å². The van der Waals surface area contributed by atoms with Gasteiger partial charge in [0, 0.05) is 27.7 Å². The predicted molar refractivity (Wildman–Crippen MR) is 64.9 cm³/mol. The Labute approximate surface area is 101 Å². The third-order valence-electron chi connectivity index (χ3n) is 2.06. The molecule has 1 N–H and O–H groups in total. The van der Waals surface area contributed by atoms with Crippen molar-refractivity contribution in [3.63, 3.8) is 0 Å². The first-order valence-corrected chi connectivity index (χ1v) is 6.25. The summed E-state index contributed by atoms with van der Waals surface area (Å²) in [6.07, 6.45) is 1.86. The molecule has 0 saturated heterocycles. The minimum Gasteiger partial charge on any atom is -0.387 e. The molecule has 1 atom stereocenters. The molecule has 0 radical (unpaired) electrons. The molecule has 15 heavy (non-hydrogen) atoms. The number of hydrogen-bond donors (Lipinski definition) is 1. The van der Waals surface area contributed by atoms with E-state index in [1.165, 1.54) is 0 Å². The number of halogens is 1. The summed E-state index contributed by atoms with van der Waals surface area (Å²) < 4.78 is 0.955. The van der Waals surface area contributed by atoms with Crippen molar-refractivity contribution in [2.75, 3.05) is 0 Å². The lowest BCUT2D eigenvalue weighted by molar-refractivity contribution is 0.181. The van der Waals surface area contributed by atoms with Gasteiger partial charge in [-0.1, -0.05) is 6.07 Å². The Morgan fingerprint density at radius 3 is 2.87 bits per heavy atom. The highest BCUT2D eigenvalue weighted by atomic mass is 79.9. The number of aliphatic hydroxyl groups is 1. The van der Waals surface area contributed by atoms with Crippen molar-refractivity contribution in [3.8, 4) is 0 Å². The molecular weight excluding hydrogens is 274 g/mol. The van der Waals surface area contributed by atoms with Gasteiger partial charge in [-0.15, -0.1) is 11.3 Å². The van der Waals surface area contributed by atoms with Crippen LogP contribution in [0, 0.1) is 0 Å². The Morgan fingerprint density at radius 2 is 2.27 bits per heavy atom. The highest BCUT2D eigenvalue weighted by molar-refractivity contribution is 9.10. The fraction of sp³-hybridized carbons (Fsp3) is 0.182. The average Bonchev–Trinajstić information content (AvgIpc) is 2.74. The Morgan fingerprint density at radius 1 is 1.40 bits per heavy atom. The smallest absolute Gasteiger partial charge is 0.0937 e. The number of hydrogen-bond acceptors (Lipinski definition) is 3. The molecule has 78 valence electrons. The van der Waals surface area contributed by atoms with Crippen molar-refractivity contribution >= 4 is 27.3 Å². The standard InChI is InChI=1S/C11H10BrNOS/c12-8-3-4-9(13-7-8)6-10(14)11-2-1-5-15-11/h1-5,7,10,14H,6H2. The van der Waals surface area contributed by atoms with Gasteiger partial charge in [-0.25, -0.2) is 0 Å². The summed E-state index contributed by atoms with van der Waals surface area (Å²) in [6, 6.07) is 7.73. The summed E-state index contributed by atoms with van der Waals surface area (Å²) >= 11 is 4.89. The Balaban J connectivity index is 2.06. The molecule has 2 aromatic rings. The molecule has 2 nitrogen and oxygen atoms in total. The lowest BCUT2D eigenvalue weighted by atomic mass is 10.1. The largest absolute Gasteiger partial charge is 0.387 e. The fourth-order valence-electron chi connectivity index (χ4n) is 1.31. The first-order valence-electron chi connectivity index (χ1n) is 4.57. The monoisotopic (exact) mass is 283 g/mol. The van der Waals surface area contributed by atoms with E-state index >= 15 is 0 Å². The van der Waals surface area contributed by atoms with E-state index in [-0.39, 0.29) is 0 Å². The zero-order chi connectivity index (χ0) is 10.7. The molecule has 2 rings (SSSR count). The molecular formula is C11H10BrNOS. The molecule has 4 heteroatoms. The van der Waals surface area contributed by atoms with Crippen molar-refractivity contribution < 1.29 is 5.11 Å². The molecule has 0 aliphatic rings. The van der Waals surface area contributed by atoms with E-state index in [2.05, 4.69) is 20.9 Å². The number of nitrogens with zero attached hydrogens (tertiary/aromatic N) is 1. The molecule has 1 unspecified atom stereocenters. The van der Waals surface area contributed by atoms with Crippen LogP contribution in [0.25, 0.3) is 0 Å². The van der Waals surface area contributed by atoms with E-state index < -0.39 is 6.10 Å². The SMILES string of the molecule is OC(Cc1ccc(Br)cn1)c1cccs1. The van der Waals surface area contributed by atoms with E-state index in [0.29, 0.717) is 6.42 Å². The highest BCUT2D eigenvalue weighted by Crippen LogP contribution is 2.22. The highest BCUT2D eigenvalue weighted by Gasteiger charge is 2.09. The zero-order valence-corrected chi connectivity index (χ0v) is 10.3. The zero-order valence-electron chi connectivity index (χ0n) is 7.93. The summed E-state index contributed by atoms with van der Waals surface area (Å²) in [5.74, 6) is 0. The Bertz CT molecular complexity index is 413. The van der Waals surface area contributed by atoms with E-state index in [9.17, 15) is 5.11 Å². The topological polar surface area (TPSA) is 33.1 Å². The van der Waals surface area contributed by atoms with Gasteiger partial charge in [-0.2, -0.15) is 0 Å². The molecule has 0 aliphatic heterocycles. The number of aliphatic hydroxyl groups excluding tert-OH is 1. The third-order valence-corrected chi connectivity index (χ3v) is 3.51. The van der Waals surface area contributed by atoms with Gasteiger partial charge in [0.2, 0.25) is 0 Å². The van der Waals surface area contributed by atoms with Crippen LogP contribution in [-0.4, -0.2) is 10.1 Å². The van der Waals surface area contributed by atoms with Crippen LogP contribution in [0.5, 0.6) is 0 Å². The molecule has 0 spiro atoms. The number of rotatable bonds is 3. The second kappa shape index (κ2) is 4.88. The minimum absolute atomic E-state index is 0.446. The van der Waals surface area contributed by atoms with E-state index in [1.807, 2.05) is 29.6 Å². The van der Waals surface area contributed by atoms with Gasteiger partial charge in [0.15, 0.2) is 0 Å². The summed E-state index contributed by atoms with van der Waals surface area (Å²) in [5, 5.41) is 11.9. The lowest BCUT2D eigenvalue weighted by Crippen LogP contribution is -2.01. The quantitative estimate of drug-likeness (QED) is 0.939. The maximum Gasteiger partial charge on any atom is 0.0937 e. The first kappa shape index (κ1) is 10.8. The number of aromatic nitrogens is 1. The molecule has 0 saturated carbocycles. The summed E-state index contributed by atoms with van der Waals surface area (Å²) in [7, 11) is 0. The van der Waals surface area contributed by atoms with E-state index in [1.54, 1.807) is 17.5 Å². The van der Waals surface area contributed by atoms with Crippen LogP contribution >= 0.6 is 27.3 Å². The summed E-state index contributed by atoms with van der Waals surface area (Å²) in [6.45, 7) is 0. The van der Waals surface area contributed by atoms with Gasteiger partial charge in [-0.3, -0.25) is 4.98 Å². The molecule has 0 aromatic carbocycles. The summed E-state index contributed by atoms with van der Waals surface area (Å²) in [4.78, 5) is 5.21. The first-order chi connectivity index (χ1) is 7.25. The van der Waals surface area contributed by atoms with Crippen LogP contribution in [-0.2, 0) is 6.42 Å². The molecule has 2 heterocycles. The van der Waals surface area contributed by atoms with Gasteiger partial charge >= 0.3 is 0 Å². The fourth-order valence-corrected chi connectivity index (χ4v) is 2.25. The average molecular weight is 284 g/mol. The van der Waals surface area contributed by atoms with E-state index in [4.69, 9.17) is 0 Å². The maximum atomic E-state index is 9.89. The Kier molecular flexibility index (Phi) is 3.51. The van der Waals surface area contributed by atoms with Crippen LogP contribution in [0.3, 0.4) is 0 Å². The molecule has 0 bridgehead atoms. The van der Waals surface area contributed by atoms with Gasteiger partial charge < -0.3 is 5.11 Å². The van der Waals surface area contributed by atoms with Crippen LogP contribution in [0.15, 0.2) is 40.3 Å². The summed E-state index contributed by atoms with van der Waals surface area (Å²) in [5.41, 5.74) is 0.902. The second-order valence-electron chi connectivity index (χ2n) is 3.20. The third kappa shape index (κ3) is 2.87. The second-order valence-corrected chi connectivity index (χ2v) is 5.10. The minimum atomic E-state index is -0.446. The van der Waals surface area contributed by atoms with Crippen molar-refractivity contribution in [1.82, 2.24) is 4.98 Å². The normalized spacial score (nSPS) is 12.7. The van der Waals surface area contributed by atoms with E-state index in [0.717, 1.165) is 15.0 Å². The van der Waals surface area contributed by atoms with Crippen molar-refractivity contribution in [2.45, 2.75) is 12.5 Å². The molecule has 0 aliphatic carbocycles. The van der Waals surface area contributed by atoms with Crippen molar-refractivity contribution in [3.05, 3.63) is 50.9 Å². The van der Waals surface area contributed by atoms with Gasteiger partial charge in [0.05, 0.1) is 6.10 Å². The predicted octanol–water partition coefficient (Wildman–Crippen LogP) is 3.18. The van der Waals surface area contributed by atoms with Crippen LogP contribution in [0.4, 0.5) is 0 Å². The maximum absolute atomic E-state index is 9.89. The van der Waals surface area contributed by atoms with Crippen LogP contribution < -0.4 is 0 Å². The van der Waals surface area contributed by atoms with Gasteiger partial charge in [0.25, 0.3) is 0 Å². The number of thiophene rings is 1. The van der Waals surface area contributed by atoms with Crippen molar-refractivity contribution in [1.29, 1.82) is 0 Å². The molecule has 0 amide bonds. The lowest BCUT2D eigenvalue weighted by Gasteiger charge is -2.07. The number of pyridine rings is 1. The van der Waals surface area contributed by atoms with Crippen molar-refractivity contribution in [2.24, 2.45) is 0 Å². The van der Waals surface area contributed by atoms with Crippen LogP contribution in [0.1, 0.15) is 16.7 Å². The molecule has 0 fully saturated rings. The van der Waals surface area contributed by atoms with Gasteiger partial charge in [0.1, 0.15) is 0 Å². The molecule has 2 aromatic heterocycles. The Hall–Kier alpha value is -0.710. The van der Waals surface area contributed by atoms with Crippen LogP contribution in [0.2, 0.25) is 0 Å².